The summed E-state index contributed by atoms with van der Waals surface area (Å²) in [4.78, 5) is 0. The quantitative estimate of drug-likeness (QED) is 0.897. The van der Waals surface area contributed by atoms with Gasteiger partial charge in [-0.25, -0.2) is 0 Å². The summed E-state index contributed by atoms with van der Waals surface area (Å²) in [6.07, 6.45) is 2.17. The van der Waals surface area contributed by atoms with Crippen molar-refractivity contribution in [1.29, 1.82) is 0 Å². The molecule has 0 spiro atoms. The number of fused-ring (bicyclic) bond motifs is 1. The third kappa shape index (κ3) is 2.91. The maximum absolute atomic E-state index is 6.05. The van der Waals surface area contributed by atoms with Crippen molar-refractivity contribution in [1.82, 2.24) is 5.32 Å². The Morgan fingerprint density at radius 2 is 1.95 bits per heavy atom. The van der Waals surface area contributed by atoms with Crippen molar-refractivity contribution in [3.63, 3.8) is 0 Å². The number of hydrogen-bond donors (Lipinski definition) is 1. The van der Waals surface area contributed by atoms with Crippen LogP contribution in [0.15, 0.2) is 16.6 Å². The highest BCUT2D eigenvalue weighted by Gasteiger charge is 2.40. The topological polar surface area (TPSA) is 39.7 Å². The lowest BCUT2D eigenvalue weighted by molar-refractivity contribution is -0.0123. The molecule has 0 aromatic heterocycles. The molecule has 2 aliphatic heterocycles. The molecule has 0 saturated carbocycles. The predicted molar refractivity (Wildman–Crippen MR) is 85.1 cm³/mol. The Bertz CT molecular complexity index is 514. The molecule has 0 amide bonds. The largest absolute Gasteiger partial charge is 0.486 e. The highest BCUT2D eigenvalue weighted by Crippen LogP contribution is 2.44. The molecule has 0 aliphatic carbocycles. The van der Waals surface area contributed by atoms with Crippen molar-refractivity contribution in [2.45, 2.75) is 38.3 Å². The molecule has 1 N–H and O–H groups in total. The molecule has 2 heterocycles. The fraction of sp³-hybridized carbons (Fsp3) is 0.625. The van der Waals surface area contributed by atoms with Crippen LogP contribution in [0.4, 0.5) is 0 Å². The summed E-state index contributed by atoms with van der Waals surface area (Å²) >= 11 is 3.69. The van der Waals surface area contributed by atoms with Gasteiger partial charge in [0.2, 0.25) is 0 Å². The number of ether oxygens (including phenoxy) is 3. The highest BCUT2D eigenvalue weighted by molar-refractivity contribution is 9.10. The molecule has 1 aromatic carbocycles. The van der Waals surface area contributed by atoms with E-state index in [4.69, 9.17) is 14.2 Å². The van der Waals surface area contributed by atoms with Gasteiger partial charge in [0.1, 0.15) is 13.2 Å². The zero-order chi connectivity index (χ0) is 14.9. The number of benzene rings is 1. The third-order valence-corrected chi connectivity index (χ3v) is 4.93. The minimum absolute atomic E-state index is 0.134. The van der Waals surface area contributed by atoms with Gasteiger partial charge in [-0.3, -0.25) is 0 Å². The smallest absolute Gasteiger partial charge is 0.162 e. The van der Waals surface area contributed by atoms with Gasteiger partial charge in [-0.2, -0.15) is 0 Å². The lowest BCUT2D eigenvalue weighted by atomic mass is 9.87. The number of likely N-dealkylation sites (N-methyl/N-ethyl adjacent to an activating group) is 1. The van der Waals surface area contributed by atoms with Gasteiger partial charge in [-0.15, -0.1) is 0 Å². The van der Waals surface area contributed by atoms with E-state index in [0.717, 1.165) is 42.0 Å². The zero-order valence-electron chi connectivity index (χ0n) is 12.6. The molecule has 1 aromatic rings. The van der Waals surface area contributed by atoms with E-state index in [1.165, 1.54) is 5.56 Å². The van der Waals surface area contributed by atoms with E-state index in [1.807, 2.05) is 6.07 Å². The zero-order valence-corrected chi connectivity index (χ0v) is 14.2. The SMILES string of the molecule is CCNC(c1cc2c(cc1Br)OCCO2)C1(C)CCCO1. The van der Waals surface area contributed by atoms with Gasteiger partial charge in [0.05, 0.1) is 11.6 Å². The van der Waals surface area contributed by atoms with Crippen LogP contribution in [-0.4, -0.2) is 32.0 Å². The normalized spacial score (nSPS) is 25.9. The number of halogens is 1. The average Bonchev–Trinajstić information content (AvgIpc) is 2.92. The van der Waals surface area contributed by atoms with Crippen LogP contribution in [-0.2, 0) is 4.74 Å². The van der Waals surface area contributed by atoms with Crippen LogP contribution in [0.1, 0.15) is 38.3 Å². The molecule has 5 heteroatoms. The van der Waals surface area contributed by atoms with Crippen molar-refractivity contribution in [3.8, 4) is 11.5 Å². The Labute approximate surface area is 134 Å². The van der Waals surface area contributed by atoms with Crippen LogP contribution in [0.5, 0.6) is 11.5 Å². The molecule has 21 heavy (non-hydrogen) atoms. The number of hydrogen-bond acceptors (Lipinski definition) is 4. The van der Waals surface area contributed by atoms with Crippen LogP contribution in [0.3, 0.4) is 0 Å². The molecular formula is C16H22BrNO3. The Balaban J connectivity index is 1.98. The van der Waals surface area contributed by atoms with Gasteiger partial charge in [-0.05, 0) is 44.0 Å². The second kappa shape index (κ2) is 6.15. The van der Waals surface area contributed by atoms with E-state index in [2.05, 4.69) is 41.2 Å². The van der Waals surface area contributed by atoms with E-state index in [0.29, 0.717) is 13.2 Å². The maximum atomic E-state index is 6.05. The Morgan fingerprint density at radius 1 is 1.24 bits per heavy atom. The molecular weight excluding hydrogens is 334 g/mol. The molecule has 2 aliphatic rings. The van der Waals surface area contributed by atoms with Gasteiger partial charge in [0.25, 0.3) is 0 Å². The molecule has 2 atom stereocenters. The molecule has 1 fully saturated rings. The molecule has 1 saturated heterocycles. The van der Waals surface area contributed by atoms with Gasteiger partial charge in [0.15, 0.2) is 11.5 Å². The highest BCUT2D eigenvalue weighted by atomic mass is 79.9. The first-order valence-electron chi connectivity index (χ1n) is 7.60. The van der Waals surface area contributed by atoms with Crippen molar-refractivity contribution in [2.75, 3.05) is 26.4 Å². The Kier molecular flexibility index (Phi) is 4.43. The lowest BCUT2D eigenvalue weighted by Gasteiger charge is -2.35. The number of rotatable bonds is 4. The van der Waals surface area contributed by atoms with E-state index >= 15 is 0 Å². The van der Waals surface area contributed by atoms with Gasteiger partial charge < -0.3 is 19.5 Å². The minimum Gasteiger partial charge on any atom is -0.486 e. The first-order chi connectivity index (χ1) is 10.1. The van der Waals surface area contributed by atoms with Crippen molar-refractivity contribution in [2.24, 2.45) is 0 Å². The second-order valence-electron chi connectivity index (χ2n) is 5.77. The van der Waals surface area contributed by atoms with Gasteiger partial charge in [0, 0.05) is 11.1 Å². The van der Waals surface area contributed by atoms with E-state index < -0.39 is 0 Å². The fourth-order valence-electron chi connectivity index (χ4n) is 3.19. The van der Waals surface area contributed by atoms with Crippen LogP contribution in [0.25, 0.3) is 0 Å². The monoisotopic (exact) mass is 355 g/mol. The maximum Gasteiger partial charge on any atom is 0.162 e. The van der Waals surface area contributed by atoms with Crippen LogP contribution in [0, 0.1) is 0 Å². The van der Waals surface area contributed by atoms with Crippen molar-refractivity contribution in [3.05, 3.63) is 22.2 Å². The molecule has 4 nitrogen and oxygen atoms in total. The summed E-state index contributed by atoms with van der Waals surface area (Å²) in [6.45, 7) is 7.25. The molecule has 0 radical (unpaired) electrons. The van der Waals surface area contributed by atoms with Crippen LogP contribution < -0.4 is 14.8 Å². The number of nitrogens with one attached hydrogen (secondary N) is 1. The molecule has 116 valence electrons. The van der Waals surface area contributed by atoms with Gasteiger partial charge in [-0.1, -0.05) is 22.9 Å². The van der Waals surface area contributed by atoms with Crippen LogP contribution in [0.2, 0.25) is 0 Å². The minimum atomic E-state index is -0.178. The van der Waals surface area contributed by atoms with Gasteiger partial charge >= 0.3 is 0 Å². The van der Waals surface area contributed by atoms with E-state index in [1.54, 1.807) is 0 Å². The van der Waals surface area contributed by atoms with Crippen molar-refractivity contribution < 1.29 is 14.2 Å². The molecule has 3 rings (SSSR count). The Morgan fingerprint density at radius 3 is 2.57 bits per heavy atom. The second-order valence-corrected chi connectivity index (χ2v) is 6.63. The predicted octanol–water partition coefficient (Wildman–Crippen LogP) is 3.44. The molecule has 2 unspecified atom stereocenters. The molecule has 0 bridgehead atoms. The van der Waals surface area contributed by atoms with E-state index in [9.17, 15) is 0 Å². The summed E-state index contributed by atoms with van der Waals surface area (Å²) in [5.41, 5.74) is 0.993. The summed E-state index contributed by atoms with van der Waals surface area (Å²) in [6, 6.07) is 4.22. The third-order valence-electron chi connectivity index (χ3n) is 4.24. The summed E-state index contributed by atoms with van der Waals surface area (Å²) in [5, 5.41) is 3.58. The first-order valence-corrected chi connectivity index (χ1v) is 8.40. The van der Waals surface area contributed by atoms with Crippen molar-refractivity contribution >= 4 is 15.9 Å². The first kappa shape index (κ1) is 15.1. The summed E-state index contributed by atoms with van der Waals surface area (Å²) < 4.78 is 18.5. The van der Waals surface area contributed by atoms with E-state index in [-0.39, 0.29) is 11.6 Å². The summed E-state index contributed by atoms with van der Waals surface area (Å²) in [5.74, 6) is 1.63. The fourth-order valence-corrected chi connectivity index (χ4v) is 3.74. The summed E-state index contributed by atoms with van der Waals surface area (Å²) in [7, 11) is 0. The standard InChI is InChI=1S/C16H22BrNO3/c1-3-18-15(16(2)5-4-6-21-16)11-9-13-14(10-12(11)17)20-8-7-19-13/h9-10,15,18H,3-8H2,1-2H3. The average molecular weight is 356 g/mol. The Hall–Kier alpha value is -0.780. The van der Waals surface area contributed by atoms with Crippen LogP contribution >= 0.6 is 15.9 Å². The lowest BCUT2D eigenvalue weighted by Crippen LogP contribution is -2.41.